The molecule has 0 unspecified atom stereocenters. The van der Waals surface area contributed by atoms with Crippen LogP contribution in [0.5, 0.6) is 0 Å². The Kier molecular flexibility index (Phi) is 10.8. The number of esters is 1. The second-order valence-electron chi connectivity index (χ2n) is 4.52. The van der Waals surface area contributed by atoms with E-state index < -0.39 is 5.97 Å². The number of carbonyl (C=O) groups is 4. The number of ether oxygens (including phenoxy) is 1. The van der Waals surface area contributed by atoms with Gasteiger partial charge in [0, 0.05) is 38.8 Å². The number of rotatable bonds is 11. The van der Waals surface area contributed by atoms with E-state index in [4.69, 9.17) is 0 Å². The molecule has 2 N–H and O–H groups in total. The zero-order valence-corrected chi connectivity index (χ0v) is 12.7. The van der Waals surface area contributed by atoms with Crippen LogP contribution in [0.15, 0.2) is 0 Å². The molecule has 0 aliphatic rings. The quantitative estimate of drug-likeness (QED) is 0.423. The Balaban J connectivity index is 3.50. The first-order valence-electron chi connectivity index (χ1n) is 7.11. The summed E-state index contributed by atoms with van der Waals surface area (Å²) in [7, 11) is 1.27. The van der Waals surface area contributed by atoms with Crippen molar-refractivity contribution in [2.45, 2.75) is 45.4 Å². The molecular weight excluding hydrogens is 276 g/mol. The lowest BCUT2D eigenvalue weighted by molar-refractivity contribution is -0.142. The maximum Gasteiger partial charge on any atom is 0.306 e. The van der Waals surface area contributed by atoms with Crippen molar-refractivity contribution in [3.63, 3.8) is 0 Å². The highest BCUT2D eigenvalue weighted by Crippen LogP contribution is 1.94. The molecule has 0 aromatic heterocycles. The molecule has 0 atom stereocenters. The summed E-state index contributed by atoms with van der Waals surface area (Å²) in [5.74, 6) is -0.726. The summed E-state index contributed by atoms with van der Waals surface area (Å²) in [6.07, 6.45) is 1.68. The fourth-order valence-electron chi connectivity index (χ4n) is 1.47. The molecule has 21 heavy (non-hydrogen) atoms. The zero-order chi connectivity index (χ0) is 16.1. The van der Waals surface area contributed by atoms with E-state index in [2.05, 4.69) is 15.4 Å². The van der Waals surface area contributed by atoms with E-state index in [1.165, 1.54) is 7.11 Å². The highest BCUT2D eigenvalue weighted by atomic mass is 16.5. The number of methoxy groups -OCH3 is 1. The fourth-order valence-corrected chi connectivity index (χ4v) is 1.47. The molecule has 0 aromatic rings. The predicted molar refractivity (Wildman–Crippen MR) is 76.4 cm³/mol. The van der Waals surface area contributed by atoms with Crippen molar-refractivity contribution in [1.82, 2.24) is 10.6 Å². The van der Waals surface area contributed by atoms with E-state index in [0.29, 0.717) is 25.9 Å². The van der Waals surface area contributed by atoms with E-state index in [-0.39, 0.29) is 43.3 Å². The Morgan fingerprint density at radius 1 is 0.857 bits per heavy atom. The first-order chi connectivity index (χ1) is 9.99. The normalized spacial score (nSPS) is 9.81. The molecule has 0 aromatic carbocycles. The van der Waals surface area contributed by atoms with Crippen LogP contribution < -0.4 is 10.6 Å². The smallest absolute Gasteiger partial charge is 0.306 e. The summed E-state index contributed by atoms with van der Waals surface area (Å²) >= 11 is 0. The summed E-state index contributed by atoms with van der Waals surface area (Å²) in [5, 5.41) is 5.32. The van der Waals surface area contributed by atoms with Crippen molar-refractivity contribution in [3.05, 3.63) is 0 Å². The van der Waals surface area contributed by atoms with Crippen molar-refractivity contribution in [2.75, 3.05) is 20.2 Å². The highest BCUT2D eigenvalue weighted by molar-refractivity contribution is 5.84. The molecule has 0 spiro atoms. The lowest BCUT2D eigenvalue weighted by atomic mass is 10.2. The molecule has 0 fully saturated rings. The fraction of sp³-hybridized carbons (Fsp3) is 0.714. The average molecular weight is 300 g/mol. The van der Waals surface area contributed by atoms with Gasteiger partial charge in [-0.3, -0.25) is 19.2 Å². The third-order valence-electron chi connectivity index (χ3n) is 2.81. The molecule has 0 aliphatic carbocycles. The van der Waals surface area contributed by atoms with Crippen molar-refractivity contribution < 1.29 is 23.9 Å². The minimum absolute atomic E-state index is 0.0600. The number of ketones is 1. The second-order valence-corrected chi connectivity index (χ2v) is 4.52. The van der Waals surface area contributed by atoms with Gasteiger partial charge >= 0.3 is 5.97 Å². The number of nitrogens with one attached hydrogen (secondary N) is 2. The number of amides is 2. The molecule has 2 amide bonds. The monoisotopic (exact) mass is 300 g/mol. The number of Topliss-reactive ketones (excluding diaryl/α,β-unsaturated/α-hetero) is 1. The Morgan fingerprint density at radius 2 is 1.38 bits per heavy atom. The van der Waals surface area contributed by atoms with Gasteiger partial charge < -0.3 is 15.4 Å². The number of hydrogen-bond acceptors (Lipinski definition) is 5. The van der Waals surface area contributed by atoms with Crippen LogP contribution in [-0.4, -0.2) is 43.8 Å². The minimum atomic E-state index is -0.418. The van der Waals surface area contributed by atoms with Crippen LogP contribution in [0, 0.1) is 0 Å². The maximum atomic E-state index is 11.4. The van der Waals surface area contributed by atoms with Gasteiger partial charge in [0.25, 0.3) is 0 Å². The van der Waals surface area contributed by atoms with Gasteiger partial charge in [-0.1, -0.05) is 6.92 Å². The maximum absolute atomic E-state index is 11.4. The summed E-state index contributed by atoms with van der Waals surface area (Å²) in [6.45, 7) is 2.63. The highest BCUT2D eigenvalue weighted by Gasteiger charge is 2.07. The molecule has 0 rings (SSSR count). The second kappa shape index (κ2) is 11.9. The van der Waals surface area contributed by atoms with Crippen molar-refractivity contribution >= 4 is 23.6 Å². The van der Waals surface area contributed by atoms with Crippen molar-refractivity contribution in [3.8, 4) is 0 Å². The molecule has 7 heteroatoms. The largest absolute Gasteiger partial charge is 0.469 e. The van der Waals surface area contributed by atoms with Crippen LogP contribution in [-0.2, 0) is 23.9 Å². The van der Waals surface area contributed by atoms with Gasteiger partial charge in [-0.15, -0.1) is 0 Å². The van der Waals surface area contributed by atoms with Gasteiger partial charge in [-0.2, -0.15) is 0 Å². The van der Waals surface area contributed by atoms with E-state index in [9.17, 15) is 19.2 Å². The molecule has 120 valence electrons. The Hall–Kier alpha value is -1.92. The molecule has 0 bridgehead atoms. The van der Waals surface area contributed by atoms with Crippen LogP contribution in [0.2, 0.25) is 0 Å². The summed E-state index contributed by atoms with van der Waals surface area (Å²) in [6, 6.07) is 0. The van der Waals surface area contributed by atoms with Crippen molar-refractivity contribution in [1.29, 1.82) is 0 Å². The zero-order valence-electron chi connectivity index (χ0n) is 12.7. The summed E-state index contributed by atoms with van der Waals surface area (Å²) in [5.41, 5.74) is 0. The molecule has 0 heterocycles. The average Bonchev–Trinajstić information content (AvgIpc) is 2.49. The third kappa shape index (κ3) is 11.6. The van der Waals surface area contributed by atoms with Crippen LogP contribution in [0.3, 0.4) is 0 Å². The van der Waals surface area contributed by atoms with E-state index in [1.54, 1.807) is 6.92 Å². The number of hydrogen-bond donors (Lipinski definition) is 2. The molecule has 7 nitrogen and oxygen atoms in total. The molecule has 0 aliphatic heterocycles. The van der Waals surface area contributed by atoms with Crippen LogP contribution >= 0.6 is 0 Å². The Bertz CT molecular complexity index is 334. The van der Waals surface area contributed by atoms with Gasteiger partial charge in [0.05, 0.1) is 13.5 Å². The summed E-state index contributed by atoms with van der Waals surface area (Å²) in [4.78, 5) is 44.6. The van der Waals surface area contributed by atoms with Gasteiger partial charge in [0.2, 0.25) is 11.8 Å². The number of carbonyl (C=O) groups excluding carboxylic acids is 4. The lowest BCUT2D eigenvalue weighted by Crippen LogP contribution is -2.30. The van der Waals surface area contributed by atoms with E-state index >= 15 is 0 Å². The topological polar surface area (TPSA) is 102 Å². The molecule has 0 saturated carbocycles. The molecule has 0 saturated heterocycles. The summed E-state index contributed by atoms with van der Waals surface area (Å²) < 4.78 is 4.43. The molecular formula is C14H24N2O5. The standard InChI is InChI=1S/C14H24N2O5/c1-3-11(17)5-6-12(18)15-9-4-10-16-13(19)7-8-14(20)21-2/h3-10H2,1-2H3,(H,15,18)(H,16,19). The van der Waals surface area contributed by atoms with Gasteiger partial charge in [0.1, 0.15) is 5.78 Å². The van der Waals surface area contributed by atoms with Gasteiger partial charge in [-0.05, 0) is 6.42 Å². The lowest BCUT2D eigenvalue weighted by Gasteiger charge is -2.06. The Labute approximate surface area is 124 Å². The van der Waals surface area contributed by atoms with E-state index in [1.807, 2.05) is 0 Å². The molecule has 0 radical (unpaired) electrons. The minimum Gasteiger partial charge on any atom is -0.469 e. The SMILES string of the molecule is CCC(=O)CCC(=O)NCCCNC(=O)CCC(=O)OC. The first-order valence-corrected chi connectivity index (χ1v) is 7.11. The predicted octanol–water partition coefficient (Wildman–Crippen LogP) is 0.321. The van der Waals surface area contributed by atoms with E-state index in [0.717, 1.165) is 0 Å². The van der Waals surface area contributed by atoms with Crippen LogP contribution in [0.1, 0.15) is 45.4 Å². The third-order valence-corrected chi connectivity index (χ3v) is 2.81. The van der Waals surface area contributed by atoms with Crippen molar-refractivity contribution in [2.24, 2.45) is 0 Å². The van der Waals surface area contributed by atoms with Crippen LogP contribution in [0.4, 0.5) is 0 Å². The van der Waals surface area contributed by atoms with Gasteiger partial charge in [0.15, 0.2) is 0 Å². The Morgan fingerprint density at radius 3 is 1.86 bits per heavy atom. The van der Waals surface area contributed by atoms with Crippen LogP contribution in [0.25, 0.3) is 0 Å². The first kappa shape index (κ1) is 19.1. The van der Waals surface area contributed by atoms with Gasteiger partial charge in [-0.25, -0.2) is 0 Å².